The molecule has 0 saturated carbocycles. The van der Waals surface area contributed by atoms with Crippen molar-refractivity contribution in [1.82, 2.24) is 14.9 Å². The maximum atomic E-state index is 12.6. The third-order valence-electron chi connectivity index (χ3n) is 4.31. The van der Waals surface area contributed by atoms with E-state index in [1.54, 1.807) is 41.6 Å². The van der Waals surface area contributed by atoms with Gasteiger partial charge in [0.2, 0.25) is 5.91 Å². The van der Waals surface area contributed by atoms with Crippen molar-refractivity contribution in [1.29, 1.82) is 0 Å². The Hall–Kier alpha value is -2.76. The van der Waals surface area contributed by atoms with Gasteiger partial charge in [0.05, 0.1) is 5.56 Å². The van der Waals surface area contributed by atoms with Crippen molar-refractivity contribution in [3.8, 4) is 0 Å². The van der Waals surface area contributed by atoms with Gasteiger partial charge in [-0.05, 0) is 44.0 Å². The van der Waals surface area contributed by atoms with Crippen LogP contribution in [-0.4, -0.2) is 39.8 Å². The molecule has 1 N–H and O–H groups in total. The number of hydrogen-bond acceptors (Lipinski definition) is 4. The molecule has 0 aliphatic carbocycles. The molecule has 1 aliphatic heterocycles. The van der Waals surface area contributed by atoms with E-state index in [0.29, 0.717) is 37.3 Å². The Morgan fingerprint density at radius 3 is 2.50 bits per heavy atom. The van der Waals surface area contributed by atoms with Crippen molar-refractivity contribution in [2.24, 2.45) is 5.92 Å². The highest BCUT2D eigenvalue weighted by Crippen LogP contribution is 2.21. The average Bonchev–Trinajstić information content (AvgIpc) is 2.62. The highest BCUT2D eigenvalue weighted by atomic mass is 16.2. The summed E-state index contributed by atoms with van der Waals surface area (Å²) < 4.78 is 0. The molecule has 24 heavy (non-hydrogen) atoms. The maximum Gasteiger partial charge on any atom is 0.255 e. The van der Waals surface area contributed by atoms with Gasteiger partial charge in [-0.25, -0.2) is 4.98 Å². The van der Waals surface area contributed by atoms with Gasteiger partial charge in [0.25, 0.3) is 5.91 Å². The molecule has 1 aliphatic rings. The second-order valence-corrected chi connectivity index (χ2v) is 5.91. The number of piperidine rings is 1. The number of carbonyl (C=O) groups excluding carboxylic acids is 2. The number of aryl methyl sites for hydroxylation is 1. The van der Waals surface area contributed by atoms with Crippen LogP contribution in [0.2, 0.25) is 0 Å². The standard InChI is InChI=1S/C18H20N4O2/c1-13-15(5-4-10-19-13)18(24)22-11-7-14(8-12-22)17(23)21-16-6-2-3-9-20-16/h2-6,9-10,14H,7-8,11-12H2,1H3,(H,20,21,23). The first kappa shape index (κ1) is 16.1. The van der Waals surface area contributed by atoms with E-state index in [2.05, 4.69) is 15.3 Å². The van der Waals surface area contributed by atoms with E-state index in [1.165, 1.54) is 0 Å². The minimum Gasteiger partial charge on any atom is -0.339 e. The summed E-state index contributed by atoms with van der Waals surface area (Å²) in [6.07, 6.45) is 4.64. The Labute approximate surface area is 140 Å². The predicted molar refractivity (Wildman–Crippen MR) is 90.5 cm³/mol. The second-order valence-electron chi connectivity index (χ2n) is 5.91. The lowest BCUT2D eigenvalue weighted by atomic mass is 9.95. The molecule has 0 unspecified atom stereocenters. The highest BCUT2D eigenvalue weighted by Gasteiger charge is 2.28. The van der Waals surface area contributed by atoms with Crippen LogP contribution in [0.5, 0.6) is 0 Å². The zero-order valence-electron chi connectivity index (χ0n) is 13.6. The van der Waals surface area contributed by atoms with Crippen LogP contribution in [0.4, 0.5) is 5.82 Å². The Morgan fingerprint density at radius 1 is 1.08 bits per heavy atom. The van der Waals surface area contributed by atoms with Crippen molar-refractivity contribution in [3.63, 3.8) is 0 Å². The van der Waals surface area contributed by atoms with E-state index in [4.69, 9.17) is 0 Å². The molecule has 6 heteroatoms. The molecule has 124 valence electrons. The molecule has 2 aromatic rings. The second kappa shape index (κ2) is 7.21. The minimum atomic E-state index is -0.0916. The fourth-order valence-corrected chi connectivity index (χ4v) is 2.89. The molecule has 2 aromatic heterocycles. The number of anilines is 1. The number of likely N-dealkylation sites (tertiary alicyclic amines) is 1. The number of hydrogen-bond donors (Lipinski definition) is 1. The lowest BCUT2D eigenvalue weighted by Gasteiger charge is -2.31. The van der Waals surface area contributed by atoms with Gasteiger partial charge in [-0.2, -0.15) is 0 Å². The molecule has 3 rings (SSSR count). The van der Waals surface area contributed by atoms with Crippen molar-refractivity contribution in [3.05, 3.63) is 54.0 Å². The van der Waals surface area contributed by atoms with Gasteiger partial charge in [0.15, 0.2) is 0 Å². The minimum absolute atomic E-state index is 0.0100. The molecule has 0 bridgehead atoms. The van der Waals surface area contributed by atoms with Gasteiger partial charge < -0.3 is 10.2 Å². The lowest BCUT2D eigenvalue weighted by Crippen LogP contribution is -2.41. The molecule has 2 amide bonds. The van der Waals surface area contributed by atoms with Gasteiger partial charge in [0, 0.05) is 37.1 Å². The molecule has 0 spiro atoms. The average molecular weight is 324 g/mol. The molecule has 6 nitrogen and oxygen atoms in total. The van der Waals surface area contributed by atoms with Gasteiger partial charge >= 0.3 is 0 Å². The summed E-state index contributed by atoms with van der Waals surface area (Å²) >= 11 is 0. The Bertz CT molecular complexity index is 725. The molecular weight excluding hydrogens is 304 g/mol. The molecule has 0 radical (unpaired) electrons. The summed E-state index contributed by atoms with van der Waals surface area (Å²) in [7, 11) is 0. The van der Waals surface area contributed by atoms with Crippen molar-refractivity contribution >= 4 is 17.6 Å². The van der Waals surface area contributed by atoms with Gasteiger partial charge in [-0.1, -0.05) is 6.07 Å². The Kier molecular flexibility index (Phi) is 4.84. The molecule has 0 atom stereocenters. The van der Waals surface area contributed by atoms with Crippen molar-refractivity contribution < 1.29 is 9.59 Å². The smallest absolute Gasteiger partial charge is 0.255 e. The van der Waals surface area contributed by atoms with E-state index in [-0.39, 0.29) is 17.7 Å². The zero-order valence-corrected chi connectivity index (χ0v) is 13.6. The number of aromatic nitrogens is 2. The Morgan fingerprint density at radius 2 is 1.83 bits per heavy atom. The number of nitrogens with one attached hydrogen (secondary N) is 1. The zero-order chi connectivity index (χ0) is 16.9. The third-order valence-corrected chi connectivity index (χ3v) is 4.31. The van der Waals surface area contributed by atoms with Crippen molar-refractivity contribution in [2.45, 2.75) is 19.8 Å². The Balaban J connectivity index is 1.57. The summed E-state index contributed by atoms with van der Waals surface area (Å²) in [6.45, 7) is 2.99. The van der Waals surface area contributed by atoms with Crippen LogP contribution < -0.4 is 5.32 Å². The molecule has 1 fully saturated rings. The summed E-state index contributed by atoms with van der Waals surface area (Å²) in [5.41, 5.74) is 1.37. The van der Waals surface area contributed by atoms with Crippen LogP contribution in [0.25, 0.3) is 0 Å². The topological polar surface area (TPSA) is 75.2 Å². The quantitative estimate of drug-likeness (QED) is 0.940. The van der Waals surface area contributed by atoms with E-state index < -0.39 is 0 Å². The van der Waals surface area contributed by atoms with Crippen LogP contribution in [0.1, 0.15) is 28.9 Å². The summed E-state index contributed by atoms with van der Waals surface area (Å²) in [4.78, 5) is 34.9. The SMILES string of the molecule is Cc1ncccc1C(=O)N1CCC(C(=O)Nc2ccccn2)CC1. The fraction of sp³-hybridized carbons (Fsp3) is 0.333. The molecule has 3 heterocycles. The number of carbonyl (C=O) groups is 2. The van der Waals surface area contributed by atoms with Gasteiger partial charge in [0.1, 0.15) is 5.82 Å². The van der Waals surface area contributed by atoms with E-state index >= 15 is 0 Å². The number of amides is 2. The summed E-state index contributed by atoms with van der Waals surface area (Å²) in [5.74, 6) is 0.431. The van der Waals surface area contributed by atoms with Crippen LogP contribution in [0.3, 0.4) is 0 Å². The van der Waals surface area contributed by atoms with E-state index in [1.807, 2.05) is 13.0 Å². The number of rotatable bonds is 3. The normalized spacial score (nSPS) is 15.1. The van der Waals surface area contributed by atoms with Crippen LogP contribution in [0, 0.1) is 12.8 Å². The van der Waals surface area contributed by atoms with Crippen LogP contribution in [-0.2, 0) is 4.79 Å². The van der Waals surface area contributed by atoms with Gasteiger partial charge in [-0.15, -0.1) is 0 Å². The largest absolute Gasteiger partial charge is 0.339 e. The van der Waals surface area contributed by atoms with Gasteiger partial charge in [-0.3, -0.25) is 14.6 Å². The molecule has 0 aromatic carbocycles. The molecular formula is C18H20N4O2. The van der Waals surface area contributed by atoms with E-state index in [9.17, 15) is 9.59 Å². The number of pyridine rings is 2. The highest BCUT2D eigenvalue weighted by molar-refractivity contribution is 5.96. The monoisotopic (exact) mass is 324 g/mol. The summed E-state index contributed by atoms with van der Waals surface area (Å²) in [6, 6.07) is 8.97. The first-order valence-electron chi connectivity index (χ1n) is 8.08. The molecule has 1 saturated heterocycles. The van der Waals surface area contributed by atoms with Crippen LogP contribution >= 0.6 is 0 Å². The summed E-state index contributed by atoms with van der Waals surface area (Å²) in [5, 5.41) is 2.83. The lowest BCUT2D eigenvalue weighted by molar-refractivity contribution is -0.121. The maximum absolute atomic E-state index is 12.6. The predicted octanol–water partition coefficient (Wildman–Crippen LogP) is 2.28. The van der Waals surface area contributed by atoms with Crippen LogP contribution in [0.15, 0.2) is 42.7 Å². The number of nitrogens with zero attached hydrogens (tertiary/aromatic N) is 3. The third kappa shape index (κ3) is 3.59. The first-order valence-corrected chi connectivity index (χ1v) is 8.08. The fourth-order valence-electron chi connectivity index (χ4n) is 2.89. The van der Waals surface area contributed by atoms with E-state index in [0.717, 1.165) is 5.69 Å². The van der Waals surface area contributed by atoms with Crippen molar-refractivity contribution in [2.75, 3.05) is 18.4 Å². The first-order chi connectivity index (χ1) is 11.6.